The number of halogens is 2. The van der Waals surface area contributed by atoms with Crippen LogP contribution >= 0.6 is 0 Å². The molecule has 0 atom stereocenters. The number of nitrogens with two attached hydrogens (primary N) is 1. The van der Waals surface area contributed by atoms with Gasteiger partial charge in [-0.2, -0.15) is 0 Å². The molecule has 0 unspecified atom stereocenters. The minimum Gasteiger partial charge on any atom is -0.366 e. The lowest BCUT2D eigenvalue weighted by Crippen LogP contribution is -2.11. The average Bonchev–Trinajstić information content (AvgIpc) is 2.04. The van der Waals surface area contributed by atoms with E-state index in [0.717, 1.165) is 18.5 Å². The molecule has 1 aromatic heterocycles. The number of aromatic nitrogens is 1. The van der Waals surface area contributed by atoms with Crippen LogP contribution in [-0.4, -0.2) is 10.9 Å². The number of alkyl halides is 2. The molecule has 0 aliphatic carbocycles. The van der Waals surface area contributed by atoms with E-state index in [0.29, 0.717) is 0 Å². The Morgan fingerprint density at radius 1 is 1.50 bits per heavy atom. The molecule has 0 bridgehead atoms. The van der Waals surface area contributed by atoms with Crippen molar-refractivity contribution in [3.05, 3.63) is 29.6 Å². The summed E-state index contributed by atoms with van der Waals surface area (Å²) in [5.41, 5.74) is 4.55. The summed E-state index contributed by atoms with van der Waals surface area (Å²) in [6, 6.07) is 1.03. The van der Waals surface area contributed by atoms with Gasteiger partial charge in [-0.1, -0.05) is 0 Å². The first kappa shape index (κ1) is 8.58. The smallest absolute Gasteiger partial charge is 0.265 e. The van der Waals surface area contributed by atoms with Gasteiger partial charge in [0.1, 0.15) is 0 Å². The Morgan fingerprint density at radius 2 is 2.17 bits per heavy atom. The van der Waals surface area contributed by atoms with E-state index in [2.05, 4.69) is 4.98 Å². The van der Waals surface area contributed by atoms with Gasteiger partial charge in [0.25, 0.3) is 6.43 Å². The number of hydrogen-bond acceptors (Lipinski definition) is 2. The van der Waals surface area contributed by atoms with Crippen molar-refractivity contribution in [3.63, 3.8) is 0 Å². The van der Waals surface area contributed by atoms with Crippen LogP contribution in [0.3, 0.4) is 0 Å². The Bertz CT molecular complexity index is 301. The lowest BCUT2D eigenvalue weighted by Gasteiger charge is -1.99. The van der Waals surface area contributed by atoms with Crippen molar-refractivity contribution in [1.82, 2.24) is 4.98 Å². The molecular weight excluding hydrogens is 166 g/mol. The molecule has 12 heavy (non-hydrogen) atoms. The van der Waals surface area contributed by atoms with Crippen LogP contribution in [0.2, 0.25) is 0 Å². The van der Waals surface area contributed by atoms with Crippen molar-refractivity contribution in [1.29, 1.82) is 0 Å². The maximum atomic E-state index is 12.0. The fourth-order valence-corrected chi connectivity index (χ4v) is 0.712. The second kappa shape index (κ2) is 3.25. The van der Waals surface area contributed by atoms with Gasteiger partial charge in [0, 0.05) is 18.0 Å². The molecule has 0 fully saturated rings. The van der Waals surface area contributed by atoms with Crippen molar-refractivity contribution < 1.29 is 13.6 Å². The minimum atomic E-state index is -2.63. The molecule has 0 radical (unpaired) electrons. The molecule has 1 heterocycles. The fourth-order valence-electron chi connectivity index (χ4n) is 0.712. The standard InChI is InChI=1S/C7H6F2N2O/c8-6(9)4-1-5(7(10)12)3-11-2-4/h1-3,6H,(H2,10,12). The summed E-state index contributed by atoms with van der Waals surface area (Å²) < 4.78 is 24.0. The van der Waals surface area contributed by atoms with Gasteiger partial charge in [0.2, 0.25) is 5.91 Å². The predicted molar refractivity (Wildman–Crippen MR) is 37.7 cm³/mol. The largest absolute Gasteiger partial charge is 0.366 e. The van der Waals surface area contributed by atoms with Crippen LogP contribution < -0.4 is 5.73 Å². The van der Waals surface area contributed by atoms with Crippen molar-refractivity contribution in [2.45, 2.75) is 6.43 Å². The van der Waals surface area contributed by atoms with Gasteiger partial charge in [-0.3, -0.25) is 9.78 Å². The predicted octanol–water partition coefficient (Wildman–Crippen LogP) is 1.12. The van der Waals surface area contributed by atoms with Gasteiger partial charge in [0.15, 0.2) is 0 Å². The van der Waals surface area contributed by atoms with E-state index in [4.69, 9.17) is 5.73 Å². The van der Waals surface area contributed by atoms with Crippen LogP contribution in [0.1, 0.15) is 22.3 Å². The van der Waals surface area contributed by atoms with Crippen LogP contribution in [0.15, 0.2) is 18.5 Å². The van der Waals surface area contributed by atoms with Crippen molar-refractivity contribution >= 4 is 5.91 Å². The van der Waals surface area contributed by atoms with Crippen LogP contribution in [0, 0.1) is 0 Å². The lowest BCUT2D eigenvalue weighted by atomic mass is 10.2. The van der Waals surface area contributed by atoms with E-state index in [9.17, 15) is 13.6 Å². The zero-order valence-corrected chi connectivity index (χ0v) is 6.00. The SMILES string of the molecule is NC(=O)c1cncc(C(F)F)c1. The highest BCUT2D eigenvalue weighted by Crippen LogP contribution is 2.17. The van der Waals surface area contributed by atoms with Crippen LogP contribution in [-0.2, 0) is 0 Å². The Hall–Kier alpha value is -1.52. The van der Waals surface area contributed by atoms with Crippen molar-refractivity contribution in [3.8, 4) is 0 Å². The molecule has 1 amide bonds. The van der Waals surface area contributed by atoms with Gasteiger partial charge >= 0.3 is 0 Å². The number of carbonyl (C=O) groups excluding carboxylic acids is 1. The number of primary amides is 1. The Labute approximate surface area is 67.2 Å². The van der Waals surface area contributed by atoms with Crippen LogP contribution in [0.4, 0.5) is 8.78 Å². The number of nitrogens with zero attached hydrogens (tertiary/aromatic N) is 1. The second-order valence-electron chi connectivity index (χ2n) is 2.17. The van der Waals surface area contributed by atoms with Crippen molar-refractivity contribution in [2.24, 2.45) is 5.73 Å². The lowest BCUT2D eigenvalue weighted by molar-refractivity contribution is 0.0999. The summed E-state index contributed by atoms with van der Waals surface area (Å²) in [4.78, 5) is 14.0. The summed E-state index contributed by atoms with van der Waals surface area (Å²) in [6.07, 6.45) is -0.484. The third-order valence-electron chi connectivity index (χ3n) is 1.30. The first-order valence-electron chi connectivity index (χ1n) is 3.14. The third kappa shape index (κ3) is 1.75. The molecule has 3 nitrogen and oxygen atoms in total. The summed E-state index contributed by atoms with van der Waals surface area (Å²) in [6.45, 7) is 0. The number of amides is 1. The number of hydrogen-bond donors (Lipinski definition) is 1. The van der Waals surface area contributed by atoms with Gasteiger partial charge in [-0.15, -0.1) is 0 Å². The molecule has 0 saturated heterocycles. The quantitative estimate of drug-likeness (QED) is 0.726. The zero-order valence-electron chi connectivity index (χ0n) is 6.00. The Kier molecular flexibility index (Phi) is 2.32. The van der Waals surface area contributed by atoms with E-state index in [1.54, 1.807) is 0 Å². The normalized spacial score (nSPS) is 10.2. The molecule has 2 N–H and O–H groups in total. The van der Waals surface area contributed by atoms with E-state index >= 15 is 0 Å². The van der Waals surface area contributed by atoms with Gasteiger partial charge in [-0.05, 0) is 6.07 Å². The molecular formula is C7H6F2N2O. The number of carbonyl (C=O) groups is 1. The van der Waals surface area contributed by atoms with E-state index in [-0.39, 0.29) is 11.1 Å². The highest BCUT2D eigenvalue weighted by molar-refractivity contribution is 5.92. The summed E-state index contributed by atoms with van der Waals surface area (Å²) in [5.74, 6) is -0.759. The highest BCUT2D eigenvalue weighted by Gasteiger charge is 2.09. The molecule has 0 saturated carbocycles. The van der Waals surface area contributed by atoms with Crippen LogP contribution in [0.5, 0.6) is 0 Å². The molecule has 5 heteroatoms. The minimum absolute atomic E-state index is 0.00667. The van der Waals surface area contributed by atoms with Crippen molar-refractivity contribution in [2.75, 3.05) is 0 Å². The topological polar surface area (TPSA) is 56.0 Å². The zero-order chi connectivity index (χ0) is 9.14. The Morgan fingerprint density at radius 3 is 2.67 bits per heavy atom. The average molecular weight is 172 g/mol. The molecule has 1 rings (SSSR count). The third-order valence-corrected chi connectivity index (χ3v) is 1.30. The molecule has 1 aromatic rings. The Balaban J connectivity index is 3.04. The van der Waals surface area contributed by atoms with Gasteiger partial charge in [0.05, 0.1) is 5.56 Å². The monoisotopic (exact) mass is 172 g/mol. The maximum absolute atomic E-state index is 12.0. The van der Waals surface area contributed by atoms with E-state index in [1.807, 2.05) is 0 Å². The van der Waals surface area contributed by atoms with Crippen LogP contribution in [0.25, 0.3) is 0 Å². The summed E-state index contributed by atoms with van der Waals surface area (Å²) in [7, 11) is 0. The molecule has 0 spiro atoms. The first-order chi connectivity index (χ1) is 5.61. The number of pyridine rings is 1. The molecule has 0 aliphatic heterocycles. The van der Waals surface area contributed by atoms with E-state index in [1.165, 1.54) is 0 Å². The van der Waals surface area contributed by atoms with Gasteiger partial charge in [-0.25, -0.2) is 8.78 Å². The number of rotatable bonds is 2. The summed E-state index contributed by atoms with van der Waals surface area (Å²) in [5, 5.41) is 0. The van der Waals surface area contributed by atoms with E-state index < -0.39 is 12.3 Å². The van der Waals surface area contributed by atoms with Gasteiger partial charge < -0.3 is 5.73 Å². The molecule has 0 aliphatic rings. The fraction of sp³-hybridized carbons (Fsp3) is 0.143. The molecule has 0 aromatic carbocycles. The highest BCUT2D eigenvalue weighted by atomic mass is 19.3. The first-order valence-corrected chi connectivity index (χ1v) is 3.14. The summed E-state index contributed by atoms with van der Waals surface area (Å²) >= 11 is 0. The maximum Gasteiger partial charge on any atom is 0.265 e. The second-order valence-corrected chi connectivity index (χ2v) is 2.17. The molecule has 64 valence electrons.